The Labute approximate surface area is 190 Å². The first-order valence-corrected chi connectivity index (χ1v) is 10.6. The molecule has 0 aliphatic rings. The quantitative estimate of drug-likeness (QED) is 0.483. The Balaban J connectivity index is 1.61. The predicted octanol–water partition coefficient (Wildman–Crippen LogP) is 4.04. The summed E-state index contributed by atoms with van der Waals surface area (Å²) in [6, 6.07) is 13.5. The van der Waals surface area contributed by atoms with Gasteiger partial charge in [0.05, 0.1) is 12.8 Å². The first-order valence-electron chi connectivity index (χ1n) is 10.6. The molecule has 0 saturated heterocycles. The number of fused-ring (bicyclic) bond motifs is 1. The normalized spacial score (nSPS) is 11.1. The maximum absolute atomic E-state index is 13.3. The van der Waals surface area contributed by atoms with Crippen LogP contribution in [0.4, 0.5) is 10.1 Å². The van der Waals surface area contributed by atoms with Crippen molar-refractivity contribution in [3.8, 4) is 17.0 Å². The van der Waals surface area contributed by atoms with Crippen molar-refractivity contribution in [3.63, 3.8) is 0 Å². The Morgan fingerprint density at radius 3 is 2.67 bits per heavy atom. The zero-order chi connectivity index (χ0) is 23.7. The van der Waals surface area contributed by atoms with Crippen molar-refractivity contribution >= 4 is 17.2 Å². The summed E-state index contributed by atoms with van der Waals surface area (Å²) in [5, 5.41) is 7.31. The molecule has 1 N–H and O–H groups in total. The number of hydrogen-bond donors (Lipinski definition) is 1. The molecule has 170 valence electrons. The molecule has 0 spiro atoms. The van der Waals surface area contributed by atoms with Crippen molar-refractivity contribution in [2.75, 3.05) is 12.4 Å². The number of carbonyl (C=O) groups excluding carboxylic acids is 1. The number of halogens is 1. The van der Waals surface area contributed by atoms with Gasteiger partial charge in [-0.15, -0.1) is 0 Å². The molecule has 0 fully saturated rings. The molecule has 2 aromatic carbocycles. The lowest BCUT2D eigenvalue weighted by Crippen LogP contribution is -2.26. The zero-order valence-corrected chi connectivity index (χ0v) is 19.0. The van der Waals surface area contributed by atoms with E-state index in [0.717, 1.165) is 11.3 Å². The number of nitrogens with zero attached hydrogens (tertiary/aromatic N) is 3. The second-order valence-corrected chi connectivity index (χ2v) is 7.97. The molecule has 0 aliphatic carbocycles. The average Bonchev–Trinajstić information content (AvgIpc) is 3.25. The number of ether oxygens (including phenoxy) is 1. The van der Waals surface area contributed by atoms with Gasteiger partial charge in [-0.1, -0.05) is 12.1 Å². The van der Waals surface area contributed by atoms with E-state index in [9.17, 15) is 14.0 Å². The van der Waals surface area contributed by atoms with Crippen LogP contribution >= 0.6 is 0 Å². The van der Waals surface area contributed by atoms with Crippen LogP contribution in [0.5, 0.6) is 5.75 Å². The lowest BCUT2D eigenvalue weighted by Gasteiger charge is -2.12. The van der Waals surface area contributed by atoms with Gasteiger partial charge in [0, 0.05) is 42.0 Å². The van der Waals surface area contributed by atoms with Crippen molar-refractivity contribution < 1.29 is 13.9 Å². The molecule has 1 amide bonds. The Bertz CT molecular complexity index is 1420. The molecule has 2 heterocycles. The van der Waals surface area contributed by atoms with Crippen LogP contribution in [0.15, 0.2) is 53.3 Å². The van der Waals surface area contributed by atoms with Gasteiger partial charge in [-0.05, 0) is 56.2 Å². The van der Waals surface area contributed by atoms with Crippen molar-refractivity contribution in [1.82, 2.24) is 14.2 Å². The fraction of sp³-hybridized carbons (Fsp3) is 0.240. The minimum Gasteiger partial charge on any atom is -0.497 e. The summed E-state index contributed by atoms with van der Waals surface area (Å²) < 4.78 is 21.9. The highest BCUT2D eigenvalue weighted by Gasteiger charge is 2.17. The summed E-state index contributed by atoms with van der Waals surface area (Å²) in [7, 11) is 3.47. The number of rotatable bonds is 6. The largest absolute Gasteiger partial charge is 0.497 e. The van der Waals surface area contributed by atoms with E-state index >= 15 is 0 Å². The highest BCUT2D eigenvalue weighted by atomic mass is 19.1. The van der Waals surface area contributed by atoms with Crippen LogP contribution in [-0.4, -0.2) is 27.2 Å². The Morgan fingerprint density at radius 1 is 1.15 bits per heavy atom. The van der Waals surface area contributed by atoms with E-state index in [-0.39, 0.29) is 30.1 Å². The van der Waals surface area contributed by atoms with Crippen molar-refractivity contribution in [3.05, 3.63) is 81.5 Å². The van der Waals surface area contributed by atoms with Gasteiger partial charge in [0.15, 0.2) is 0 Å². The molecule has 33 heavy (non-hydrogen) atoms. The predicted molar refractivity (Wildman–Crippen MR) is 125 cm³/mol. The second-order valence-electron chi connectivity index (χ2n) is 7.97. The summed E-state index contributed by atoms with van der Waals surface area (Å²) in [6.45, 7) is 3.58. The fourth-order valence-corrected chi connectivity index (χ4v) is 3.85. The fourth-order valence-electron chi connectivity index (χ4n) is 3.85. The van der Waals surface area contributed by atoms with E-state index in [0.29, 0.717) is 33.9 Å². The molecule has 7 nitrogen and oxygen atoms in total. The molecule has 0 atom stereocenters. The summed E-state index contributed by atoms with van der Waals surface area (Å²) in [6.07, 6.45) is 0.372. The topological polar surface area (TPSA) is 77.6 Å². The van der Waals surface area contributed by atoms with Gasteiger partial charge in [-0.25, -0.2) is 4.39 Å². The molecule has 8 heteroatoms. The van der Waals surface area contributed by atoms with Gasteiger partial charge in [0.25, 0.3) is 5.56 Å². The minimum absolute atomic E-state index is 0.114. The lowest BCUT2D eigenvalue weighted by molar-refractivity contribution is -0.116. The summed E-state index contributed by atoms with van der Waals surface area (Å²) >= 11 is 0. The maximum atomic E-state index is 13.3. The smallest absolute Gasteiger partial charge is 0.277 e. The number of aryl methyl sites for hydroxylation is 2. The van der Waals surface area contributed by atoms with E-state index < -0.39 is 0 Å². The minimum atomic E-state index is -0.356. The number of carbonyl (C=O) groups is 1. The maximum Gasteiger partial charge on any atom is 0.277 e. The van der Waals surface area contributed by atoms with Gasteiger partial charge < -0.3 is 14.6 Å². The molecular weight excluding hydrogens is 423 g/mol. The molecule has 0 radical (unpaired) electrons. The van der Waals surface area contributed by atoms with Crippen LogP contribution in [0.25, 0.3) is 16.9 Å². The molecule has 0 bridgehead atoms. The standard InChI is InChI=1S/C25H25FN4O3/c1-15-12-18(26)8-10-21(15)27-23(31)11-9-20-16(2)29(3)24-14-22(28-30(24)25(20)32)17-6-5-7-19(13-17)33-4/h5-8,10,12-14H,9,11H2,1-4H3,(H,27,31). The van der Waals surface area contributed by atoms with E-state index in [1.807, 2.05) is 48.9 Å². The Hall–Kier alpha value is -3.94. The van der Waals surface area contributed by atoms with Crippen molar-refractivity contribution in [2.24, 2.45) is 7.05 Å². The van der Waals surface area contributed by atoms with Crippen LogP contribution < -0.4 is 15.6 Å². The average molecular weight is 448 g/mol. The number of nitrogens with one attached hydrogen (secondary N) is 1. The molecule has 2 aromatic heterocycles. The van der Waals surface area contributed by atoms with E-state index in [2.05, 4.69) is 10.4 Å². The number of aromatic nitrogens is 3. The highest BCUT2D eigenvalue weighted by molar-refractivity contribution is 5.91. The van der Waals surface area contributed by atoms with Gasteiger partial charge in [-0.2, -0.15) is 9.61 Å². The number of methoxy groups -OCH3 is 1. The first kappa shape index (κ1) is 22.3. The molecule has 0 unspecified atom stereocenters. The third kappa shape index (κ3) is 4.37. The SMILES string of the molecule is COc1cccc(-c2cc3n(C)c(C)c(CCC(=O)Nc4ccc(F)cc4C)c(=O)n3n2)c1. The third-order valence-corrected chi connectivity index (χ3v) is 5.85. The van der Waals surface area contributed by atoms with Crippen LogP contribution in [0.3, 0.4) is 0 Å². The second kappa shape index (κ2) is 8.90. The Kier molecular flexibility index (Phi) is 6.00. The van der Waals surface area contributed by atoms with Crippen LogP contribution in [0.2, 0.25) is 0 Å². The number of amides is 1. The van der Waals surface area contributed by atoms with E-state index in [4.69, 9.17) is 4.74 Å². The van der Waals surface area contributed by atoms with Gasteiger partial charge in [0.2, 0.25) is 5.91 Å². The van der Waals surface area contributed by atoms with E-state index in [1.54, 1.807) is 14.0 Å². The monoisotopic (exact) mass is 448 g/mol. The first-order chi connectivity index (χ1) is 15.8. The summed E-state index contributed by atoms with van der Waals surface area (Å²) in [4.78, 5) is 25.7. The molecule has 0 aliphatic heterocycles. The van der Waals surface area contributed by atoms with Crippen LogP contribution in [0, 0.1) is 19.7 Å². The number of hydrogen-bond acceptors (Lipinski definition) is 4. The van der Waals surface area contributed by atoms with Gasteiger partial charge >= 0.3 is 0 Å². The highest BCUT2D eigenvalue weighted by Crippen LogP contribution is 2.24. The van der Waals surface area contributed by atoms with Crippen molar-refractivity contribution in [1.29, 1.82) is 0 Å². The Morgan fingerprint density at radius 2 is 1.94 bits per heavy atom. The zero-order valence-electron chi connectivity index (χ0n) is 19.0. The molecule has 4 aromatic rings. The summed E-state index contributed by atoms with van der Waals surface area (Å²) in [5.41, 5.74) is 4.39. The lowest BCUT2D eigenvalue weighted by atomic mass is 10.1. The molecule has 0 saturated carbocycles. The summed E-state index contributed by atoms with van der Waals surface area (Å²) in [5.74, 6) is 0.102. The van der Waals surface area contributed by atoms with Gasteiger partial charge in [-0.3, -0.25) is 9.59 Å². The molecular formula is C25H25FN4O3. The molecule has 4 rings (SSSR count). The number of anilines is 1. The van der Waals surface area contributed by atoms with Gasteiger partial charge in [0.1, 0.15) is 17.2 Å². The van der Waals surface area contributed by atoms with E-state index in [1.165, 1.54) is 22.7 Å². The van der Waals surface area contributed by atoms with Crippen LogP contribution in [-0.2, 0) is 18.3 Å². The third-order valence-electron chi connectivity index (χ3n) is 5.85. The van der Waals surface area contributed by atoms with Crippen LogP contribution in [0.1, 0.15) is 23.2 Å². The van der Waals surface area contributed by atoms with Crippen molar-refractivity contribution in [2.45, 2.75) is 26.7 Å². The number of benzene rings is 2.